The molecule has 0 radical (unpaired) electrons. The van der Waals surface area contributed by atoms with Gasteiger partial charge in [-0.25, -0.2) is 4.68 Å². The van der Waals surface area contributed by atoms with Gasteiger partial charge in [0.05, 0.1) is 11.4 Å². The molecule has 4 heteroatoms. The molecule has 0 aliphatic carbocycles. The van der Waals surface area contributed by atoms with Gasteiger partial charge in [-0.2, -0.15) is 5.10 Å². The van der Waals surface area contributed by atoms with Crippen LogP contribution in [0.3, 0.4) is 0 Å². The third kappa shape index (κ3) is 2.84. The van der Waals surface area contributed by atoms with E-state index in [1.54, 1.807) is 0 Å². The van der Waals surface area contributed by atoms with Gasteiger partial charge in [0.25, 0.3) is 0 Å². The minimum Gasteiger partial charge on any atom is -0.245 e. The van der Waals surface area contributed by atoms with Gasteiger partial charge in [0, 0.05) is 19.9 Å². The number of rotatable bonds is 2. The Kier molecular flexibility index (Phi) is 4.57. The van der Waals surface area contributed by atoms with Crippen LogP contribution in [-0.2, 0) is 11.0 Å². The number of nitrogens with zero attached hydrogens (tertiary/aromatic N) is 2. The lowest BCUT2D eigenvalue weighted by molar-refractivity contribution is 0.461. The second kappa shape index (κ2) is 6.93. The molecular formula is C26H22Br2N2. The van der Waals surface area contributed by atoms with Crippen molar-refractivity contribution in [3.05, 3.63) is 110 Å². The summed E-state index contributed by atoms with van der Waals surface area (Å²) in [4.78, 5) is 0. The molecule has 0 bridgehead atoms. The molecule has 0 N–H and O–H groups in total. The van der Waals surface area contributed by atoms with Crippen LogP contribution in [0.4, 0.5) is 0 Å². The number of hydrogen-bond acceptors (Lipinski definition) is 1. The summed E-state index contributed by atoms with van der Waals surface area (Å²) in [6.07, 6.45) is 0. The van der Waals surface area contributed by atoms with E-state index in [0.29, 0.717) is 0 Å². The Morgan fingerprint density at radius 3 is 1.83 bits per heavy atom. The molecule has 1 aromatic heterocycles. The second-order valence-electron chi connectivity index (χ2n) is 8.85. The van der Waals surface area contributed by atoms with Crippen LogP contribution in [0, 0.1) is 0 Å². The van der Waals surface area contributed by atoms with Crippen molar-refractivity contribution in [2.75, 3.05) is 0 Å². The number of fused-ring (bicyclic) bond motifs is 3. The fourth-order valence-corrected chi connectivity index (χ4v) is 4.96. The standard InChI is InChI=1S/C26H22Br2N2/c1-25(2,3)24-16-23-21-6-4-5-7-22(21)26(30(23)29-24,17-8-12-19(27)13-9-17)18-10-14-20(28)15-11-18/h4-16H,1-3H3. The average molecular weight is 522 g/mol. The van der Waals surface area contributed by atoms with Crippen molar-refractivity contribution in [3.63, 3.8) is 0 Å². The normalized spacial score (nSPS) is 14.4. The summed E-state index contributed by atoms with van der Waals surface area (Å²) in [6.45, 7) is 6.66. The highest BCUT2D eigenvalue weighted by Gasteiger charge is 2.47. The van der Waals surface area contributed by atoms with Crippen molar-refractivity contribution in [2.45, 2.75) is 31.7 Å². The van der Waals surface area contributed by atoms with E-state index < -0.39 is 5.54 Å². The topological polar surface area (TPSA) is 17.8 Å². The first-order chi connectivity index (χ1) is 14.3. The van der Waals surface area contributed by atoms with E-state index in [0.717, 1.165) is 14.6 Å². The SMILES string of the molecule is CC(C)(C)c1cc2n(n1)C(c1ccc(Br)cc1)(c1ccc(Br)cc1)c1ccccc1-2. The highest BCUT2D eigenvalue weighted by Crippen LogP contribution is 2.52. The molecule has 30 heavy (non-hydrogen) atoms. The summed E-state index contributed by atoms with van der Waals surface area (Å²) >= 11 is 7.20. The van der Waals surface area contributed by atoms with Crippen LogP contribution in [0.25, 0.3) is 11.3 Å². The summed E-state index contributed by atoms with van der Waals surface area (Å²) < 4.78 is 4.38. The predicted octanol–water partition coefficient (Wildman–Crippen LogP) is 7.53. The van der Waals surface area contributed by atoms with E-state index in [1.807, 2.05) is 0 Å². The van der Waals surface area contributed by atoms with Crippen LogP contribution < -0.4 is 0 Å². The van der Waals surface area contributed by atoms with E-state index in [9.17, 15) is 0 Å². The molecule has 4 aromatic rings. The first-order valence-corrected chi connectivity index (χ1v) is 11.6. The zero-order valence-electron chi connectivity index (χ0n) is 17.2. The molecule has 3 aromatic carbocycles. The molecule has 0 saturated carbocycles. The largest absolute Gasteiger partial charge is 0.245 e. The molecule has 1 aliphatic heterocycles. The highest BCUT2D eigenvalue weighted by atomic mass is 79.9. The zero-order chi connectivity index (χ0) is 21.1. The summed E-state index contributed by atoms with van der Waals surface area (Å²) in [6, 6.07) is 28.2. The van der Waals surface area contributed by atoms with Gasteiger partial charge >= 0.3 is 0 Å². The molecular weight excluding hydrogens is 500 g/mol. The molecule has 0 spiro atoms. The monoisotopic (exact) mass is 520 g/mol. The Morgan fingerprint density at radius 2 is 1.30 bits per heavy atom. The van der Waals surface area contributed by atoms with Crippen molar-refractivity contribution in [3.8, 4) is 11.3 Å². The molecule has 0 unspecified atom stereocenters. The Labute approximate surface area is 194 Å². The van der Waals surface area contributed by atoms with Gasteiger partial charge in [-0.15, -0.1) is 0 Å². The predicted molar refractivity (Wildman–Crippen MR) is 130 cm³/mol. The van der Waals surface area contributed by atoms with Crippen LogP contribution >= 0.6 is 31.9 Å². The van der Waals surface area contributed by atoms with E-state index in [1.165, 1.54) is 27.9 Å². The molecule has 0 fully saturated rings. The lowest BCUT2D eigenvalue weighted by atomic mass is 9.77. The van der Waals surface area contributed by atoms with E-state index in [-0.39, 0.29) is 5.41 Å². The molecule has 0 saturated heterocycles. The van der Waals surface area contributed by atoms with Gasteiger partial charge in [-0.05, 0) is 47.0 Å². The van der Waals surface area contributed by atoms with Crippen LogP contribution in [-0.4, -0.2) is 9.78 Å². The van der Waals surface area contributed by atoms with Gasteiger partial charge < -0.3 is 0 Å². The minimum absolute atomic E-state index is 0.0303. The summed E-state index contributed by atoms with van der Waals surface area (Å²) in [7, 11) is 0. The number of aromatic nitrogens is 2. The molecule has 150 valence electrons. The first-order valence-electron chi connectivity index (χ1n) is 10.0. The van der Waals surface area contributed by atoms with Crippen LogP contribution in [0.15, 0.2) is 87.8 Å². The maximum absolute atomic E-state index is 5.22. The number of hydrogen-bond donors (Lipinski definition) is 0. The van der Waals surface area contributed by atoms with Crippen LogP contribution in [0.5, 0.6) is 0 Å². The molecule has 0 atom stereocenters. The van der Waals surface area contributed by atoms with Gasteiger partial charge in [0.1, 0.15) is 5.54 Å². The first kappa shape index (κ1) is 19.8. The lowest BCUT2D eigenvalue weighted by Crippen LogP contribution is -2.36. The fourth-order valence-electron chi connectivity index (χ4n) is 4.44. The van der Waals surface area contributed by atoms with Gasteiger partial charge in [-0.1, -0.05) is 101 Å². The zero-order valence-corrected chi connectivity index (χ0v) is 20.3. The summed E-state index contributed by atoms with van der Waals surface area (Å²) in [5.41, 5.74) is 6.62. The number of halogens is 2. The average Bonchev–Trinajstić information content (AvgIpc) is 3.27. The Morgan fingerprint density at radius 1 is 0.767 bits per heavy atom. The maximum Gasteiger partial charge on any atom is 0.139 e. The Hall–Kier alpha value is -2.17. The van der Waals surface area contributed by atoms with Crippen molar-refractivity contribution in [2.24, 2.45) is 0 Å². The van der Waals surface area contributed by atoms with Gasteiger partial charge in [0.2, 0.25) is 0 Å². The summed E-state index contributed by atoms with van der Waals surface area (Å²) in [5, 5.41) is 5.22. The quantitative estimate of drug-likeness (QED) is 0.235. The highest BCUT2D eigenvalue weighted by molar-refractivity contribution is 9.10. The second-order valence-corrected chi connectivity index (χ2v) is 10.7. The van der Waals surface area contributed by atoms with Gasteiger partial charge in [-0.3, -0.25) is 0 Å². The Balaban J connectivity index is 1.92. The van der Waals surface area contributed by atoms with Crippen molar-refractivity contribution >= 4 is 31.9 Å². The van der Waals surface area contributed by atoms with Crippen molar-refractivity contribution < 1.29 is 0 Å². The van der Waals surface area contributed by atoms with Gasteiger partial charge in [0.15, 0.2) is 0 Å². The molecule has 1 aliphatic rings. The van der Waals surface area contributed by atoms with E-state index >= 15 is 0 Å². The molecule has 0 amide bonds. The maximum atomic E-state index is 5.22. The van der Waals surface area contributed by atoms with Crippen LogP contribution in [0.2, 0.25) is 0 Å². The smallest absolute Gasteiger partial charge is 0.139 e. The van der Waals surface area contributed by atoms with E-state index in [2.05, 4.69) is 136 Å². The lowest BCUT2D eigenvalue weighted by Gasteiger charge is -2.34. The third-order valence-electron chi connectivity index (χ3n) is 5.91. The summed E-state index contributed by atoms with van der Waals surface area (Å²) in [5.74, 6) is 0. The van der Waals surface area contributed by atoms with Crippen molar-refractivity contribution in [1.29, 1.82) is 0 Å². The fraction of sp³-hybridized carbons (Fsp3) is 0.192. The third-order valence-corrected chi connectivity index (χ3v) is 6.97. The number of benzene rings is 3. The molecule has 5 rings (SSSR count). The van der Waals surface area contributed by atoms with E-state index in [4.69, 9.17) is 5.10 Å². The Bertz CT molecular complexity index is 1180. The molecule has 2 heterocycles. The molecule has 2 nitrogen and oxygen atoms in total. The van der Waals surface area contributed by atoms with Crippen LogP contribution in [0.1, 0.15) is 43.2 Å². The minimum atomic E-state index is -0.517. The van der Waals surface area contributed by atoms with Crippen molar-refractivity contribution in [1.82, 2.24) is 9.78 Å².